The van der Waals surface area contributed by atoms with Gasteiger partial charge in [-0.1, -0.05) is 45.0 Å². The maximum atomic E-state index is 12.9. The summed E-state index contributed by atoms with van der Waals surface area (Å²) in [6.07, 6.45) is 0. The quantitative estimate of drug-likeness (QED) is 0.904. The van der Waals surface area contributed by atoms with Crippen molar-refractivity contribution in [3.8, 4) is 0 Å². The second-order valence-corrected chi connectivity index (χ2v) is 7.90. The summed E-state index contributed by atoms with van der Waals surface area (Å²) in [5.74, 6) is -0.0573. The van der Waals surface area contributed by atoms with Gasteiger partial charge < -0.3 is 15.1 Å². The number of anilines is 2. The molecule has 0 aliphatic carbocycles. The van der Waals surface area contributed by atoms with Crippen LogP contribution in [0.1, 0.15) is 31.1 Å². The third-order valence-electron chi connectivity index (χ3n) is 4.74. The molecule has 1 aliphatic heterocycles. The van der Waals surface area contributed by atoms with Crippen molar-refractivity contribution in [3.05, 3.63) is 60.2 Å². The van der Waals surface area contributed by atoms with Crippen LogP contribution in [0, 0.1) is 5.41 Å². The van der Waals surface area contributed by atoms with E-state index in [4.69, 9.17) is 0 Å². The van der Waals surface area contributed by atoms with Gasteiger partial charge in [-0.25, -0.2) is 0 Å². The molecule has 2 amide bonds. The van der Waals surface area contributed by atoms with Crippen molar-refractivity contribution in [3.63, 3.8) is 0 Å². The number of nitrogens with one attached hydrogen (secondary N) is 1. The topological polar surface area (TPSA) is 52.7 Å². The molecule has 27 heavy (non-hydrogen) atoms. The zero-order valence-electron chi connectivity index (χ0n) is 16.2. The first kappa shape index (κ1) is 19.0. The summed E-state index contributed by atoms with van der Waals surface area (Å²) in [6, 6.07) is 17.5. The van der Waals surface area contributed by atoms with E-state index in [1.807, 2.05) is 56.0 Å². The maximum Gasteiger partial charge on any atom is 0.254 e. The Kier molecular flexibility index (Phi) is 5.49. The number of nitrogens with zero attached hydrogens (tertiary/aromatic N) is 2. The Balaban J connectivity index is 1.63. The zero-order valence-corrected chi connectivity index (χ0v) is 16.2. The number of carbonyl (C=O) groups excluding carboxylic acids is 2. The van der Waals surface area contributed by atoms with E-state index < -0.39 is 5.41 Å². The summed E-state index contributed by atoms with van der Waals surface area (Å²) < 4.78 is 0. The summed E-state index contributed by atoms with van der Waals surface area (Å²) in [5, 5.41) is 2.89. The summed E-state index contributed by atoms with van der Waals surface area (Å²) in [4.78, 5) is 29.2. The minimum atomic E-state index is -0.478. The molecule has 5 heteroatoms. The molecule has 0 unspecified atom stereocenters. The number of benzene rings is 2. The number of rotatable bonds is 3. The van der Waals surface area contributed by atoms with Gasteiger partial charge in [-0.05, 0) is 30.3 Å². The van der Waals surface area contributed by atoms with E-state index in [2.05, 4.69) is 22.3 Å². The number of para-hydroxylation sites is 1. The molecule has 142 valence electrons. The lowest BCUT2D eigenvalue weighted by molar-refractivity contribution is -0.123. The first-order valence-corrected chi connectivity index (χ1v) is 9.35. The van der Waals surface area contributed by atoms with Gasteiger partial charge in [0.2, 0.25) is 5.91 Å². The molecule has 1 fully saturated rings. The summed E-state index contributed by atoms with van der Waals surface area (Å²) >= 11 is 0. The van der Waals surface area contributed by atoms with Crippen molar-refractivity contribution < 1.29 is 9.59 Å². The Morgan fingerprint density at radius 1 is 0.889 bits per heavy atom. The van der Waals surface area contributed by atoms with E-state index in [1.54, 1.807) is 12.1 Å². The Hall–Kier alpha value is -2.82. The van der Waals surface area contributed by atoms with Crippen molar-refractivity contribution in [2.45, 2.75) is 20.8 Å². The molecular weight excluding hydrogens is 338 g/mol. The monoisotopic (exact) mass is 365 g/mol. The van der Waals surface area contributed by atoms with Crippen LogP contribution < -0.4 is 10.2 Å². The van der Waals surface area contributed by atoms with E-state index in [1.165, 1.54) is 5.69 Å². The lowest BCUT2D eigenvalue weighted by atomic mass is 9.95. The number of carbonyl (C=O) groups is 2. The molecule has 1 saturated heterocycles. The standard InChI is InChI=1S/C22H27N3O2/c1-22(2,3)21(27)23-18-9-7-8-17(16-18)20(26)25-14-12-24(13-15-25)19-10-5-4-6-11-19/h4-11,16H,12-15H2,1-3H3,(H,23,27). The van der Waals surface area contributed by atoms with E-state index in [0.717, 1.165) is 13.1 Å². The largest absolute Gasteiger partial charge is 0.368 e. The highest BCUT2D eigenvalue weighted by molar-refractivity contribution is 5.98. The molecule has 2 aromatic rings. The fourth-order valence-corrected chi connectivity index (χ4v) is 3.04. The van der Waals surface area contributed by atoms with Crippen LogP contribution in [-0.4, -0.2) is 42.9 Å². The van der Waals surface area contributed by atoms with E-state index in [0.29, 0.717) is 24.3 Å². The minimum absolute atomic E-state index is 0.00886. The number of hydrogen-bond donors (Lipinski definition) is 1. The molecule has 0 aromatic heterocycles. The van der Waals surface area contributed by atoms with Crippen molar-refractivity contribution in [1.29, 1.82) is 0 Å². The van der Waals surface area contributed by atoms with Gasteiger partial charge in [-0.3, -0.25) is 9.59 Å². The lowest BCUT2D eigenvalue weighted by Gasteiger charge is -2.36. The highest BCUT2D eigenvalue weighted by atomic mass is 16.2. The van der Waals surface area contributed by atoms with Gasteiger partial charge in [0, 0.05) is 48.5 Å². The molecule has 0 saturated carbocycles. The molecular formula is C22H27N3O2. The van der Waals surface area contributed by atoms with Crippen molar-refractivity contribution >= 4 is 23.2 Å². The Morgan fingerprint density at radius 2 is 1.56 bits per heavy atom. The first-order valence-electron chi connectivity index (χ1n) is 9.35. The molecule has 1 N–H and O–H groups in total. The normalized spacial score (nSPS) is 14.8. The van der Waals surface area contributed by atoms with E-state index in [-0.39, 0.29) is 11.8 Å². The van der Waals surface area contributed by atoms with E-state index in [9.17, 15) is 9.59 Å². The highest BCUT2D eigenvalue weighted by Gasteiger charge is 2.24. The average molecular weight is 365 g/mol. The van der Waals surface area contributed by atoms with Gasteiger partial charge in [0.05, 0.1) is 0 Å². The van der Waals surface area contributed by atoms with E-state index >= 15 is 0 Å². The first-order chi connectivity index (χ1) is 12.8. The van der Waals surface area contributed by atoms with Gasteiger partial charge in [0.15, 0.2) is 0 Å². The van der Waals surface area contributed by atoms with Gasteiger partial charge in [-0.2, -0.15) is 0 Å². The Bertz CT molecular complexity index is 804. The minimum Gasteiger partial charge on any atom is -0.368 e. The van der Waals surface area contributed by atoms with Gasteiger partial charge in [-0.15, -0.1) is 0 Å². The summed E-state index contributed by atoms with van der Waals surface area (Å²) in [7, 11) is 0. The van der Waals surface area contributed by atoms with Crippen LogP contribution in [0.15, 0.2) is 54.6 Å². The fourth-order valence-electron chi connectivity index (χ4n) is 3.04. The summed E-state index contributed by atoms with van der Waals surface area (Å²) in [6.45, 7) is 8.60. The average Bonchev–Trinajstić information content (AvgIpc) is 2.68. The molecule has 0 radical (unpaired) electrons. The molecule has 5 nitrogen and oxygen atoms in total. The smallest absolute Gasteiger partial charge is 0.254 e. The third-order valence-corrected chi connectivity index (χ3v) is 4.74. The summed E-state index contributed by atoms with van der Waals surface area (Å²) in [5.41, 5.74) is 1.98. The lowest BCUT2D eigenvalue weighted by Crippen LogP contribution is -2.48. The predicted molar refractivity (Wildman–Crippen MR) is 109 cm³/mol. The molecule has 1 aliphatic rings. The van der Waals surface area contributed by atoms with Crippen LogP contribution in [0.4, 0.5) is 11.4 Å². The fraction of sp³-hybridized carbons (Fsp3) is 0.364. The molecule has 0 bridgehead atoms. The number of hydrogen-bond acceptors (Lipinski definition) is 3. The zero-order chi connectivity index (χ0) is 19.4. The molecule has 1 heterocycles. The van der Waals surface area contributed by atoms with Crippen LogP contribution >= 0.6 is 0 Å². The number of piperazine rings is 1. The highest BCUT2D eigenvalue weighted by Crippen LogP contribution is 2.20. The van der Waals surface area contributed by atoms with Gasteiger partial charge >= 0.3 is 0 Å². The third kappa shape index (κ3) is 4.67. The van der Waals surface area contributed by atoms with Crippen LogP contribution in [0.5, 0.6) is 0 Å². The Labute approximate surface area is 161 Å². The number of amides is 2. The van der Waals surface area contributed by atoms with Crippen LogP contribution in [-0.2, 0) is 4.79 Å². The van der Waals surface area contributed by atoms with Crippen molar-refractivity contribution in [1.82, 2.24) is 4.90 Å². The predicted octanol–water partition coefficient (Wildman–Crippen LogP) is 3.63. The van der Waals surface area contributed by atoms with Crippen LogP contribution in [0.2, 0.25) is 0 Å². The van der Waals surface area contributed by atoms with Gasteiger partial charge in [0.1, 0.15) is 0 Å². The molecule has 3 rings (SSSR count). The van der Waals surface area contributed by atoms with Gasteiger partial charge in [0.25, 0.3) is 5.91 Å². The van der Waals surface area contributed by atoms with Crippen LogP contribution in [0.3, 0.4) is 0 Å². The second kappa shape index (κ2) is 7.82. The molecule has 0 spiro atoms. The molecule has 0 atom stereocenters. The van der Waals surface area contributed by atoms with Crippen LogP contribution in [0.25, 0.3) is 0 Å². The second-order valence-electron chi connectivity index (χ2n) is 7.90. The Morgan fingerprint density at radius 3 is 2.19 bits per heavy atom. The van der Waals surface area contributed by atoms with Crippen molar-refractivity contribution in [2.75, 3.05) is 36.4 Å². The maximum absolute atomic E-state index is 12.9. The van der Waals surface area contributed by atoms with Crippen molar-refractivity contribution in [2.24, 2.45) is 5.41 Å². The molecule has 2 aromatic carbocycles. The SMILES string of the molecule is CC(C)(C)C(=O)Nc1cccc(C(=O)N2CCN(c3ccccc3)CC2)c1.